The number of nitrogens with one attached hydrogen (secondary N) is 2. The molecule has 0 heterocycles. The molecule has 0 bridgehead atoms. The summed E-state index contributed by atoms with van der Waals surface area (Å²) in [4.78, 5) is 22.9. The first-order valence-corrected chi connectivity index (χ1v) is 6.43. The molecule has 21 heavy (non-hydrogen) atoms. The highest BCUT2D eigenvalue weighted by Crippen LogP contribution is 2.11. The molecule has 0 saturated heterocycles. The number of hydrogen-bond donors (Lipinski definition) is 4. The van der Waals surface area contributed by atoms with Crippen LogP contribution in [0.2, 0.25) is 0 Å². The van der Waals surface area contributed by atoms with Crippen LogP contribution in [0.25, 0.3) is 0 Å². The third kappa shape index (κ3) is 5.87. The molecule has 6 nitrogen and oxygen atoms in total. The lowest BCUT2D eigenvalue weighted by Gasteiger charge is -2.17. The van der Waals surface area contributed by atoms with Crippen LogP contribution in [0.3, 0.4) is 0 Å². The summed E-state index contributed by atoms with van der Waals surface area (Å²) in [6.45, 7) is 1.73. The number of urea groups is 1. The van der Waals surface area contributed by atoms with E-state index in [1.54, 1.807) is 19.1 Å². The van der Waals surface area contributed by atoms with Gasteiger partial charge in [-0.2, -0.15) is 0 Å². The van der Waals surface area contributed by atoms with Crippen LogP contribution in [0, 0.1) is 12.3 Å². The number of rotatable bonds is 6. The van der Waals surface area contributed by atoms with E-state index < -0.39 is 18.0 Å². The van der Waals surface area contributed by atoms with Crippen LogP contribution < -0.4 is 10.6 Å². The van der Waals surface area contributed by atoms with E-state index in [1.165, 1.54) is 12.1 Å². The number of aliphatic carboxylic acids is 1. The van der Waals surface area contributed by atoms with Crippen LogP contribution >= 0.6 is 0 Å². The van der Waals surface area contributed by atoms with Gasteiger partial charge in [0.15, 0.2) is 0 Å². The number of aromatic hydroxyl groups is 1. The van der Waals surface area contributed by atoms with Crippen molar-refractivity contribution in [2.45, 2.75) is 31.8 Å². The Morgan fingerprint density at radius 2 is 1.90 bits per heavy atom. The normalized spacial score (nSPS) is 12.8. The average Bonchev–Trinajstić information content (AvgIpc) is 2.40. The molecule has 0 saturated carbocycles. The van der Waals surface area contributed by atoms with E-state index in [-0.39, 0.29) is 18.2 Å². The molecule has 1 aromatic rings. The molecule has 0 radical (unpaired) electrons. The first kappa shape index (κ1) is 16.4. The van der Waals surface area contributed by atoms with Crippen molar-refractivity contribution >= 4 is 12.0 Å². The third-order valence-corrected chi connectivity index (χ3v) is 2.78. The van der Waals surface area contributed by atoms with E-state index in [1.807, 2.05) is 0 Å². The molecule has 1 aromatic carbocycles. The second-order valence-corrected chi connectivity index (χ2v) is 4.69. The van der Waals surface area contributed by atoms with Crippen LogP contribution in [-0.2, 0) is 11.2 Å². The molecule has 112 valence electrons. The highest BCUT2D eigenvalue weighted by molar-refractivity contribution is 5.82. The Hall–Kier alpha value is -2.68. The maximum Gasteiger partial charge on any atom is 0.326 e. The van der Waals surface area contributed by atoms with Gasteiger partial charge >= 0.3 is 12.0 Å². The number of hydrogen-bond acceptors (Lipinski definition) is 3. The molecule has 6 heteroatoms. The number of benzene rings is 1. The van der Waals surface area contributed by atoms with Gasteiger partial charge in [0.1, 0.15) is 11.8 Å². The number of carboxylic acid groups (broad SMARTS) is 1. The first-order valence-electron chi connectivity index (χ1n) is 6.43. The summed E-state index contributed by atoms with van der Waals surface area (Å²) >= 11 is 0. The van der Waals surface area contributed by atoms with Crippen molar-refractivity contribution in [1.82, 2.24) is 10.6 Å². The van der Waals surface area contributed by atoms with Crippen molar-refractivity contribution in [3.05, 3.63) is 29.8 Å². The Morgan fingerprint density at radius 3 is 2.43 bits per heavy atom. The third-order valence-electron chi connectivity index (χ3n) is 2.78. The molecule has 0 aliphatic carbocycles. The summed E-state index contributed by atoms with van der Waals surface area (Å²) < 4.78 is 0. The fraction of sp³-hybridized carbons (Fsp3) is 0.333. The number of carbonyl (C=O) groups is 2. The fourth-order valence-electron chi connectivity index (χ4n) is 1.72. The zero-order valence-electron chi connectivity index (χ0n) is 11.7. The molecule has 0 aliphatic rings. The molecule has 1 rings (SSSR count). The summed E-state index contributed by atoms with van der Waals surface area (Å²) in [5, 5.41) is 23.3. The van der Waals surface area contributed by atoms with Gasteiger partial charge in [0.2, 0.25) is 0 Å². The van der Waals surface area contributed by atoms with Crippen molar-refractivity contribution in [2.24, 2.45) is 0 Å². The number of amides is 2. The van der Waals surface area contributed by atoms with E-state index in [0.29, 0.717) is 12.0 Å². The van der Waals surface area contributed by atoms with E-state index in [0.717, 1.165) is 0 Å². The molecule has 2 atom stereocenters. The molecular formula is C15H18N2O4. The number of carboxylic acids is 1. The second kappa shape index (κ2) is 7.80. The van der Waals surface area contributed by atoms with Crippen LogP contribution in [0.15, 0.2) is 24.3 Å². The molecule has 1 unspecified atom stereocenters. The Morgan fingerprint density at radius 1 is 1.29 bits per heavy atom. The quantitative estimate of drug-likeness (QED) is 0.590. The highest BCUT2D eigenvalue weighted by Gasteiger charge is 2.21. The van der Waals surface area contributed by atoms with Crippen molar-refractivity contribution in [1.29, 1.82) is 0 Å². The van der Waals surface area contributed by atoms with Crippen LogP contribution in [-0.4, -0.2) is 34.3 Å². The average molecular weight is 290 g/mol. The molecule has 0 fully saturated rings. The maximum atomic E-state index is 11.7. The topological polar surface area (TPSA) is 98.7 Å². The lowest BCUT2D eigenvalue weighted by Crippen LogP contribution is -2.49. The summed E-state index contributed by atoms with van der Waals surface area (Å²) in [7, 11) is 0. The van der Waals surface area contributed by atoms with Gasteiger partial charge in [0.25, 0.3) is 0 Å². The van der Waals surface area contributed by atoms with Crippen molar-refractivity contribution in [3.63, 3.8) is 0 Å². The zero-order valence-corrected chi connectivity index (χ0v) is 11.7. The first-order chi connectivity index (χ1) is 9.92. The molecule has 0 aliphatic heterocycles. The summed E-state index contributed by atoms with van der Waals surface area (Å²) in [5.41, 5.74) is 0.692. The van der Waals surface area contributed by atoms with Gasteiger partial charge in [-0.25, -0.2) is 9.59 Å². The van der Waals surface area contributed by atoms with Gasteiger partial charge in [0, 0.05) is 18.9 Å². The Bertz CT molecular complexity index is 534. The van der Waals surface area contributed by atoms with Gasteiger partial charge < -0.3 is 20.8 Å². The van der Waals surface area contributed by atoms with Crippen LogP contribution in [0.1, 0.15) is 18.9 Å². The van der Waals surface area contributed by atoms with Crippen LogP contribution in [0.4, 0.5) is 4.79 Å². The van der Waals surface area contributed by atoms with Crippen LogP contribution in [0.5, 0.6) is 5.75 Å². The van der Waals surface area contributed by atoms with Gasteiger partial charge in [-0.05, 0) is 24.6 Å². The molecule has 0 spiro atoms. The van der Waals surface area contributed by atoms with E-state index in [4.69, 9.17) is 11.5 Å². The Labute approximate surface area is 123 Å². The summed E-state index contributed by atoms with van der Waals surface area (Å²) in [5.74, 6) is 1.37. The van der Waals surface area contributed by atoms with Gasteiger partial charge in [-0.1, -0.05) is 12.1 Å². The van der Waals surface area contributed by atoms with E-state index in [9.17, 15) is 14.7 Å². The standard InChI is InChI=1S/C15H18N2O4/c1-3-4-10(2)16-15(21)17-13(14(19)20)9-11-5-7-12(18)8-6-11/h1,5-8,10,13,18H,4,9H2,2H3,(H,19,20)(H2,16,17,21)/t10?,13-/m0/s1. The number of terminal acetylenes is 1. The lowest BCUT2D eigenvalue weighted by atomic mass is 10.1. The summed E-state index contributed by atoms with van der Waals surface area (Å²) in [6, 6.07) is 4.25. The summed E-state index contributed by atoms with van der Waals surface area (Å²) in [6.07, 6.45) is 5.61. The maximum absolute atomic E-state index is 11.7. The smallest absolute Gasteiger partial charge is 0.326 e. The number of carbonyl (C=O) groups excluding carboxylic acids is 1. The van der Waals surface area contributed by atoms with Crippen molar-refractivity contribution in [3.8, 4) is 18.1 Å². The SMILES string of the molecule is C#CCC(C)NC(=O)N[C@@H](Cc1ccc(O)cc1)C(=O)O. The molecule has 4 N–H and O–H groups in total. The largest absolute Gasteiger partial charge is 0.508 e. The minimum Gasteiger partial charge on any atom is -0.508 e. The Kier molecular flexibility index (Phi) is 6.08. The predicted molar refractivity (Wildman–Crippen MR) is 77.8 cm³/mol. The van der Waals surface area contributed by atoms with Crippen molar-refractivity contribution < 1.29 is 19.8 Å². The minimum absolute atomic E-state index is 0.0967. The number of phenols is 1. The van der Waals surface area contributed by atoms with E-state index >= 15 is 0 Å². The Balaban J connectivity index is 2.62. The minimum atomic E-state index is -1.14. The predicted octanol–water partition coefficient (Wildman–Crippen LogP) is 1.10. The fourth-order valence-corrected chi connectivity index (χ4v) is 1.72. The van der Waals surface area contributed by atoms with Crippen molar-refractivity contribution in [2.75, 3.05) is 0 Å². The molecule has 0 aromatic heterocycles. The zero-order chi connectivity index (χ0) is 15.8. The van der Waals surface area contributed by atoms with Gasteiger partial charge in [-0.15, -0.1) is 12.3 Å². The van der Waals surface area contributed by atoms with Gasteiger partial charge in [-0.3, -0.25) is 0 Å². The highest BCUT2D eigenvalue weighted by atomic mass is 16.4. The molecular weight excluding hydrogens is 272 g/mol. The number of phenolic OH excluding ortho intramolecular Hbond substituents is 1. The van der Waals surface area contributed by atoms with Gasteiger partial charge in [0.05, 0.1) is 0 Å². The lowest BCUT2D eigenvalue weighted by molar-refractivity contribution is -0.139. The molecule has 2 amide bonds. The monoisotopic (exact) mass is 290 g/mol. The van der Waals surface area contributed by atoms with E-state index in [2.05, 4.69) is 16.6 Å². The second-order valence-electron chi connectivity index (χ2n) is 4.69.